The van der Waals surface area contributed by atoms with Crippen LogP contribution in [0, 0.1) is 12.8 Å². The van der Waals surface area contributed by atoms with E-state index in [1.54, 1.807) is 0 Å². The van der Waals surface area contributed by atoms with Gasteiger partial charge in [0.1, 0.15) is 4.88 Å². The van der Waals surface area contributed by atoms with Crippen molar-refractivity contribution in [1.82, 2.24) is 25.6 Å². The van der Waals surface area contributed by atoms with Gasteiger partial charge in [-0.3, -0.25) is 10.1 Å². The molecule has 0 spiro atoms. The molecule has 18 heavy (non-hydrogen) atoms. The van der Waals surface area contributed by atoms with E-state index in [-0.39, 0.29) is 11.9 Å². The van der Waals surface area contributed by atoms with Gasteiger partial charge in [-0.25, -0.2) is 4.98 Å². The first-order valence-corrected chi connectivity index (χ1v) is 6.39. The number of carbonyl (C=O) groups is 1. The molecule has 1 amide bonds. The molecule has 0 aliphatic carbocycles. The summed E-state index contributed by atoms with van der Waals surface area (Å²) in [6.07, 6.45) is 0.876. The number of hydrogen-bond acceptors (Lipinski definition) is 6. The van der Waals surface area contributed by atoms with Crippen LogP contribution in [0.15, 0.2) is 0 Å². The Morgan fingerprint density at radius 3 is 2.89 bits per heavy atom. The van der Waals surface area contributed by atoms with Crippen LogP contribution in [0.1, 0.15) is 34.2 Å². The Kier molecular flexibility index (Phi) is 3.66. The summed E-state index contributed by atoms with van der Waals surface area (Å²) in [4.78, 5) is 17.0. The highest BCUT2D eigenvalue weighted by Crippen LogP contribution is 2.21. The molecule has 0 radical (unpaired) electrons. The lowest BCUT2D eigenvalue weighted by Crippen LogP contribution is -2.12. The number of aromatic amines is 1. The van der Waals surface area contributed by atoms with E-state index in [9.17, 15) is 4.79 Å². The number of nitrogens with one attached hydrogen (secondary N) is 2. The summed E-state index contributed by atoms with van der Waals surface area (Å²) in [5.74, 6) is 0.434. The van der Waals surface area contributed by atoms with E-state index < -0.39 is 0 Å². The molecule has 0 atom stereocenters. The SMILES string of the molecule is Cc1nc(CC(C)C)sc1C(=O)Nc1nn[nH]n1. The molecule has 0 saturated carbocycles. The van der Waals surface area contributed by atoms with Gasteiger partial charge in [-0.05, 0) is 18.1 Å². The van der Waals surface area contributed by atoms with Crippen molar-refractivity contribution in [2.75, 3.05) is 5.32 Å². The van der Waals surface area contributed by atoms with Crippen molar-refractivity contribution in [2.45, 2.75) is 27.2 Å². The van der Waals surface area contributed by atoms with Crippen molar-refractivity contribution in [3.05, 3.63) is 15.6 Å². The van der Waals surface area contributed by atoms with E-state index in [2.05, 4.69) is 44.8 Å². The van der Waals surface area contributed by atoms with E-state index in [0.29, 0.717) is 10.8 Å². The standard InChI is InChI=1S/C10H14N6OS/c1-5(2)4-7-11-6(3)8(18-7)9(17)12-10-13-15-16-14-10/h5H,4H2,1-3H3,(H2,12,13,14,15,16,17). The predicted molar refractivity (Wildman–Crippen MR) is 67.5 cm³/mol. The number of thiazole rings is 1. The summed E-state index contributed by atoms with van der Waals surface area (Å²) in [6, 6.07) is 0. The van der Waals surface area contributed by atoms with Gasteiger partial charge in [-0.1, -0.05) is 18.9 Å². The van der Waals surface area contributed by atoms with Crippen LogP contribution >= 0.6 is 11.3 Å². The molecule has 0 bridgehead atoms. The molecule has 2 aromatic heterocycles. The van der Waals surface area contributed by atoms with Crippen LogP contribution in [0.5, 0.6) is 0 Å². The molecule has 2 rings (SSSR count). The van der Waals surface area contributed by atoms with Gasteiger partial charge in [0.2, 0.25) is 0 Å². The first kappa shape index (κ1) is 12.6. The van der Waals surface area contributed by atoms with Gasteiger partial charge in [0.15, 0.2) is 0 Å². The number of rotatable bonds is 4. The number of H-pyrrole nitrogens is 1. The molecule has 7 nitrogen and oxygen atoms in total. The fourth-order valence-corrected chi connectivity index (χ4v) is 2.64. The molecule has 0 aliphatic heterocycles. The van der Waals surface area contributed by atoms with Gasteiger partial charge in [-0.2, -0.15) is 5.21 Å². The van der Waals surface area contributed by atoms with Crippen molar-refractivity contribution in [3.63, 3.8) is 0 Å². The number of aromatic nitrogens is 5. The summed E-state index contributed by atoms with van der Waals surface area (Å²) >= 11 is 1.41. The minimum atomic E-state index is -0.249. The van der Waals surface area contributed by atoms with Crippen LogP contribution in [0.3, 0.4) is 0 Å². The second kappa shape index (κ2) is 5.21. The second-order valence-electron chi connectivity index (χ2n) is 4.31. The molecule has 0 saturated heterocycles. The third-order valence-corrected chi connectivity index (χ3v) is 3.38. The third-order valence-electron chi connectivity index (χ3n) is 2.20. The topological polar surface area (TPSA) is 96.5 Å². The second-order valence-corrected chi connectivity index (χ2v) is 5.39. The maximum atomic E-state index is 12.0. The quantitative estimate of drug-likeness (QED) is 0.872. The van der Waals surface area contributed by atoms with E-state index in [1.807, 2.05) is 6.92 Å². The van der Waals surface area contributed by atoms with E-state index in [4.69, 9.17) is 0 Å². The van der Waals surface area contributed by atoms with Gasteiger partial charge in [0.25, 0.3) is 11.9 Å². The zero-order chi connectivity index (χ0) is 13.1. The molecule has 8 heteroatoms. The van der Waals surface area contributed by atoms with Crippen molar-refractivity contribution in [1.29, 1.82) is 0 Å². The summed E-state index contributed by atoms with van der Waals surface area (Å²) in [5.41, 5.74) is 0.733. The van der Waals surface area contributed by atoms with Gasteiger partial charge in [0, 0.05) is 6.42 Å². The zero-order valence-electron chi connectivity index (χ0n) is 10.4. The Balaban J connectivity index is 2.12. The number of amides is 1. The molecular weight excluding hydrogens is 252 g/mol. The number of tetrazole rings is 1. The molecule has 0 aliphatic rings. The number of aryl methyl sites for hydroxylation is 1. The van der Waals surface area contributed by atoms with Gasteiger partial charge in [-0.15, -0.1) is 16.4 Å². The lowest BCUT2D eigenvalue weighted by Gasteiger charge is -1.98. The number of nitrogens with zero attached hydrogens (tertiary/aromatic N) is 4. The maximum absolute atomic E-state index is 12.0. The average molecular weight is 266 g/mol. The lowest BCUT2D eigenvalue weighted by atomic mass is 10.1. The number of anilines is 1. The minimum Gasteiger partial charge on any atom is -0.287 e. The lowest BCUT2D eigenvalue weighted by molar-refractivity contribution is 0.102. The first-order valence-electron chi connectivity index (χ1n) is 5.57. The van der Waals surface area contributed by atoms with Crippen LogP contribution in [0.4, 0.5) is 5.95 Å². The summed E-state index contributed by atoms with van der Waals surface area (Å²) in [5, 5.41) is 16.5. The third kappa shape index (κ3) is 2.89. The Morgan fingerprint density at radius 1 is 1.50 bits per heavy atom. The first-order chi connectivity index (χ1) is 8.56. The summed E-state index contributed by atoms with van der Waals surface area (Å²) in [7, 11) is 0. The fraction of sp³-hybridized carbons (Fsp3) is 0.500. The highest BCUT2D eigenvalue weighted by atomic mass is 32.1. The normalized spacial score (nSPS) is 10.9. The smallest absolute Gasteiger partial charge is 0.270 e. The summed E-state index contributed by atoms with van der Waals surface area (Å²) in [6.45, 7) is 6.07. The highest BCUT2D eigenvalue weighted by Gasteiger charge is 2.17. The molecule has 96 valence electrons. The Morgan fingerprint density at radius 2 is 2.28 bits per heavy atom. The molecule has 2 N–H and O–H groups in total. The molecule has 0 aromatic carbocycles. The minimum absolute atomic E-state index is 0.165. The van der Waals surface area contributed by atoms with Crippen molar-refractivity contribution < 1.29 is 4.79 Å². The zero-order valence-corrected chi connectivity index (χ0v) is 11.2. The monoisotopic (exact) mass is 266 g/mol. The van der Waals surface area contributed by atoms with Crippen LogP contribution in [-0.2, 0) is 6.42 Å². The van der Waals surface area contributed by atoms with Crippen molar-refractivity contribution in [2.24, 2.45) is 5.92 Å². The number of carbonyl (C=O) groups excluding carboxylic acids is 1. The molecule has 0 fully saturated rings. The van der Waals surface area contributed by atoms with Crippen LogP contribution in [0.25, 0.3) is 0 Å². The Labute approximate surface area is 108 Å². The fourth-order valence-electron chi connectivity index (χ4n) is 1.47. The molecule has 0 unspecified atom stereocenters. The Bertz CT molecular complexity index is 533. The average Bonchev–Trinajstić information content (AvgIpc) is 2.87. The predicted octanol–water partition coefficient (Wildman–Crippen LogP) is 1.42. The number of hydrogen-bond donors (Lipinski definition) is 2. The van der Waals surface area contributed by atoms with E-state index in [1.165, 1.54) is 11.3 Å². The van der Waals surface area contributed by atoms with Crippen LogP contribution < -0.4 is 5.32 Å². The highest BCUT2D eigenvalue weighted by molar-refractivity contribution is 7.13. The van der Waals surface area contributed by atoms with E-state index >= 15 is 0 Å². The maximum Gasteiger partial charge on any atom is 0.270 e. The van der Waals surface area contributed by atoms with Crippen molar-refractivity contribution in [3.8, 4) is 0 Å². The van der Waals surface area contributed by atoms with Crippen molar-refractivity contribution >= 4 is 23.2 Å². The molecule has 2 heterocycles. The van der Waals surface area contributed by atoms with E-state index in [0.717, 1.165) is 17.1 Å². The van der Waals surface area contributed by atoms with Gasteiger partial charge >= 0.3 is 0 Å². The van der Waals surface area contributed by atoms with Crippen LogP contribution in [-0.4, -0.2) is 31.5 Å². The van der Waals surface area contributed by atoms with Gasteiger partial charge in [0.05, 0.1) is 10.7 Å². The molecular formula is C10H14N6OS. The largest absolute Gasteiger partial charge is 0.287 e. The van der Waals surface area contributed by atoms with Crippen LogP contribution in [0.2, 0.25) is 0 Å². The molecule has 2 aromatic rings. The van der Waals surface area contributed by atoms with Gasteiger partial charge < -0.3 is 0 Å². The Hall–Kier alpha value is -1.83. The summed E-state index contributed by atoms with van der Waals surface area (Å²) < 4.78 is 0.